The molecule has 0 aromatic heterocycles. The summed E-state index contributed by atoms with van der Waals surface area (Å²) in [7, 11) is 0. The second-order valence-electron chi connectivity index (χ2n) is 3.40. The van der Waals surface area contributed by atoms with E-state index in [-0.39, 0.29) is 17.9 Å². The Labute approximate surface area is 125 Å². The van der Waals surface area contributed by atoms with Crippen LogP contribution in [0.1, 0.15) is 5.56 Å². The van der Waals surface area contributed by atoms with Crippen molar-refractivity contribution in [2.75, 3.05) is 0 Å². The van der Waals surface area contributed by atoms with Crippen LogP contribution in [-0.4, -0.2) is 0 Å². The van der Waals surface area contributed by atoms with Gasteiger partial charge in [-0.15, -0.1) is 12.1 Å². The van der Waals surface area contributed by atoms with E-state index in [4.69, 9.17) is 4.74 Å². The molecule has 0 amide bonds. The molecule has 0 spiro atoms. The number of rotatable bonds is 3. The molecule has 1 nitrogen and oxygen atoms in total. The topological polar surface area (TPSA) is 9.23 Å². The molecule has 96 valence electrons. The van der Waals surface area contributed by atoms with Gasteiger partial charge in [-0.05, 0) is 18.2 Å². The minimum atomic E-state index is -0.567. The summed E-state index contributed by atoms with van der Waals surface area (Å²) < 4.78 is 44.0. The van der Waals surface area contributed by atoms with Gasteiger partial charge >= 0.3 is 30.0 Å². The molecule has 0 aliphatic rings. The molecule has 0 unspecified atom stereocenters. The molecule has 0 aliphatic carbocycles. The van der Waals surface area contributed by atoms with Crippen molar-refractivity contribution in [2.45, 2.75) is 6.61 Å². The quantitative estimate of drug-likeness (QED) is 0.567. The Bertz CT molecular complexity index is 537. The standard InChI is InChI=1S/C13H8F3O.BrH.Zn/c14-10-2-1-3-12(7-10)17-8-9-6-11(15)4-5-13(9)16;;/h1-2,4-7H,8H2;1H;/q-1;;+2/p-1. The van der Waals surface area contributed by atoms with Gasteiger partial charge in [0.2, 0.25) is 0 Å². The second-order valence-corrected chi connectivity index (χ2v) is 3.40. The molecule has 0 bridgehead atoms. The predicted octanol–water partition coefficient (Wildman–Crippen LogP) is 4.33. The molecule has 0 aliphatic heterocycles. The zero-order chi connectivity index (χ0) is 14.3. The fourth-order valence-corrected chi connectivity index (χ4v) is 1.31. The van der Waals surface area contributed by atoms with Crippen molar-refractivity contribution >= 4 is 13.6 Å². The third-order valence-electron chi connectivity index (χ3n) is 2.13. The van der Waals surface area contributed by atoms with Crippen LogP contribution in [0.15, 0.2) is 36.4 Å². The van der Waals surface area contributed by atoms with E-state index in [9.17, 15) is 13.2 Å². The molecular formula is C13H8BrF3OZn. The van der Waals surface area contributed by atoms with Gasteiger partial charge in [-0.3, -0.25) is 0 Å². The van der Waals surface area contributed by atoms with Crippen molar-refractivity contribution in [3.63, 3.8) is 0 Å². The molecule has 19 heavy (non-hydrogen) atoms. The van der Waals surface area contributed by atoms with E-state index < -0.39 is 17.5 Å². The van der Waals surface area contributed by atoms with Crippen LogP contribution in [0.25, 0.3) is 0 Å². The minimum absolute atomic E-state index is 0.0719. The van der Waals surface area contributed by atoms with E-state index in [1.54, 1.807) is 0 Å². The Morgan fingerprint density at radius 3 is 2.42 bits per heavy atom. The average Bonchev–Trinajstić information content (AvgIpc) is 2.42. The molecule has 2 rings (SSSR count). The van der Waals surface area contributed by atoms with E-state index in [1.807, 2.05) is 0 Å². The Balaban J connectivity index is 0.000000861. The van der Waals surface area contributed by atoms with Crippen molar-refractivity contribution in [1.29, 1.82) is 0 Å². The third kappa shape index (κ3) is 5.33. The zero-order valence-corrected chi connectivity index (χ0v) is 14.4. The Kier molecular flexibility index (Phi) is 7.10. The summed E-state index contributed by atoms with van der Waals surface area (Å²) in [5.41, 5.74) is 0.0719. The Morgan fingerprint density at radius 2 is 1.74 bits per heavy atom. The first kappa shape index (κ1) is 16.2. The van der Waals surface area contributed by atoms with Crippen LogP contribution in [0.2, 0.25) is 0 Å². The van der Waals surface area contributed by atoms with Gasteiger partial charge in [0.15, 0.2) is 0 Å². The van der Waals surface area contributed by atoms with Crippen molar-refractivity contribution in [1.82, 2.24) is 0 Å². The first-order valence-corrected chi connectivity index (χ1v) is 12.1. The molecule has 6 heteroatoms. The molecule has 0 fully saturated rings. The van der Waals surface area contributed by atoms with Crippen LogP contribution < -0.4 is 4.74 Å². The molecule has 0 atom stereocenters. The second kappa shape index (κ2) is 8.33. The molecular weight excluding hydrogens is 374 g/mol. The van der Waals surface area contributed by atoms with Crippen LogP contribution >= 0.6 is 13.6 Å². The number of hydrogen-bond donors (Lipinski definition) is 0. The van der Waals surface area contributed by atoms with Gasteiger partial charge in [0, 0.05) is 17.1 Å². The van der Waals surface area contributed by atoms with E-state index in [1.165, 1.54) is 28.5 Å². The molecule has 2 aromatic carbocycles. The fraction of sp³-hybridized carbons (Fsp3) is 0.0769. The van der Waals surface area contributed by atoms with Gasteiger partial charge in [0.1, 0.15) is 18.2 Å². The van der Waals surface area contributed by atoms with E-state index in [2.05, 4.69) is 19.7 Å². The van der Waals surface area contributed by atoms with Crippen molar-refractivity contribution in [3.8, 4) is 5.75 Å². The maximum atomic E-state index is 13.2. The Hall–Kier alpha value is -0.867. The molecule has 0 saturated heterocycles. The van der Waals surface area contributed by atoms with Crippen molar-refractivity contribution < 1.29 is 34.3 Å². The predicted molar refractivity (Wildman–Crippen MR) is 64.9 cm³/mol. The fourth-order valence-electron chi connectivity index (χ4n) is 1.31. The van der Waals surface area contributed by atoms with Crippen LogP contribution in [0.3, 0.4) is 0 Å². The normalized spacial score (nSPS) is 9.58. The first-order chi connectivity index (χ1) is 9.15. The number of halogens is 4. The van der Waals surface area contributed by atoms with Crippen LogP contribution in [0.5, 0.6) is 5.75 Å². The van der Waals surface area contributed by atoms with Crippen molar-refractivity contribution in [2.24, 2.45) is 0 Å². The third-order valence-corrected chi connectivity index (χ3v) is 2.13. The molecule has 0 radical (unpaired) electrons. The monoisotopic (exact) mass is 380 g/mol. The van der Waals surface area contributed by atoms with Crippen LogP contribution in [-0.2, 0) is 22.9 Å². The van der Waals surface area contributed by atoms with Crippen LogP contribution in [0.4, 0.5) is 13.2 Å². The average molecular weight is 382 g/mol. The summed E-state index contributed by atoms with van der Waals surface area (Å²) in [6, 6.07) is 9.40. The van der Waals surface area contributed by atoms with Crippen molar-refractivity contribution in [3.05, 3.63) is 65.5 Å². The number of hydrogen-bond acceptors (Lipinski definition) is 1. The van der Waals surface area contributed by atoms with Gasteiger partial charge in [-0.1, -0.05) is 6.07 Å². The SMILES string of the molecule is Fc1cc[c-]c(OCc2cc(F)ccc2F)c1.[Zn+][Br]. The van der Waals surface area contributed by atoms with Gasteiger partial charge in [-0.2, -0.15) is 6.07 Å². The van der Waals surface area contributed by atoms with Gasteiger partial charge in [-0.25, -0.2) is 13.2 Å². The Morgan fingerprint density at radius 1 is 1.05 bits per heavy atom. The summed E-state index contributed by atoms with van der Waals surface area (Å²) in [4.78, 5) is 0. The summed E-state index contributed by atoms with van der Waals surface area (Å²) in [6.07, 6.45) is 0. The summed E-state index contributed by atoms with van der Waals surface area (Å²) in [5.74, 6) is -1.44. The van der Waals surface area contributed by atoms with E-state index in [0.29, 0.717) is 0 Å². The summed E-state index contributed by atoms with van der Waals surface area (Å²) >= 11 is 4.25. The van der Waals surface area contributed by atoms with Gasteiger partial charge in [0.05, 0.1) is 0 Å². The molecule has 2 aromatic rings. The summed E-state index contributed by atoms with van der Waals surface area (Å²) in [5, 5.41) is 0. The van der Waals surface area contributed by atoms with E-state index >= 15 is 0 Å². The van der Waals surface area contributed by atoms with Gasteiger partial charge in [0.25, 0.3) is 0 Å². The van der Waals surface area contributed by atoms with Gasteiger partial charge < -0.3 is 4.74 Å². The maximum absolute atomic E-state index is 13.2. The first-order valence-electron chi connectivity index (χ1n) is 5.16. The summed E-state index contributed by atoms with van der Waals surface area (Å²) in [6.45, 7) is -0.177. The number of ether oxygens (including phenoxy) is 1. The van der Waals surface area contributed by atoms with Crippen LogP contribution in [0, 0.1) is 23.5 Å². The van der Waals surface area contributed by atoms with E-state index in [0.717, 1.165) is 24.3 Å². The molecule has 0 saturated carbocycles. The number of benzene rings is 2. The zero-order valence-electron chi connectivity index (χ0n) is 9.80. The molecule has 0 N–H and O–H groups in total. The molecule has 0 heterocycles.